The Balaban J connectivity index is 1.88. The number of nitrogens with zero attached hydrogens (tertiary/aromatic N) is 4. The van der Waals surface area contributed by atoms with E-state index in [1.54, 1.807) is 14.2 Å². The molecular weight excluding hydrogens is 466 g/mol. The van der Waals surface area contributed by atoms with Crippen molar-refractivity contribution in [2.24, 2.45) is 11.8 Å². The summed E-state index contributed by atoms with van der Waals surface area (Å²) in [6.45, 7) is 10.4. The van der Waals surface area contributed by atoms with Gasteiger partial charge in [-0.15, -0.1) is 0 Å². The Morgan fingerprint density at radius 1 is 0.973 bits per heavy atom. The molecule has 1 unspecified atom stereocenters. The Hall–Kier alpha value is -3.86. The summed E-state index contributed by atoms with van der Waals surface area (Å²) < 4.78 is 10.7. The second-order valence-corrected chi connectivity index (χ2v) is 9.91. The number of ether oxygens (including phenoxy) is 2. The quantitative estimate of drug-likeness (QED) is 0.381. The lowest BCUT2D eigenvalue weighted by Crippen LogP contribution is -2.36. The minimum Gasteiger partial charge on any atom is -0.493 e. The third-order valence-corrected chi connectivity index (χ3v) is 5.87. The Morgan fingerprint density at radius 3 is 2.16 bits per heavy atom. The minimum atomic E-state index is -1.08. The van der Waals surface area contributed by atoms with Crippen LogP contribution < -0.4 is 19.7 Å². The molecule has 1 N–H and O–H groups in total. The van der Waals surface area contributed by atoms with Gasteiger partial charge in [0.05, 0.1) is 31.3 Å². The summed E-state index contributed by atoms with van der Waals surface area (Å²) >= 11 is 0. The van der Waals surface area contributed by atoms with Crippen molar-refractivity contribution < 1.29 is 14.3 Å². The summed E-state index contributed by atoms with van der Waals surface area (Å²) in [4.78, 5) is 25.1. The molecule has 37 heavy (non-hydrogen) atoms. The van der Waals surface area contributed by atoms with E-state index in [0.29, 0.717) is 53.3 Å². The second-order valence-electron chi connectivity index (χ2n) is 9.91. The number of rotatable bonds is 12. The maximum atomic E-state index is 13.3. The molecule has 2 aromatic carbocycles. The fourth-order valence-electron chi connectivity index (χ4n) is 4.27. The zero-order chi connectivity index (χ0) is 26.9. The highest BCUT2D eigenvalue weighted by atomic mass is 16.5. The molecule has 1 aromatic heterocycles. The highest BCUT2D eigenvalue weighted by molar-refractivity contribution is 5.88. The molecule has 1 heterocycles. The van der Waals surface area contributed by atoms with Gasteiger partial charge in [0.1, 0.15) is 5.69 Å². The number of anilines is 1. The number of carbonyl (C=O) groups excluding carboxylic acids is 1. The van der Waals surface area contributed by atoms with E-state index in [2.05, 4.69) is 44.0 Å². The summed E-state index contributed by atoms with van der Waals surface area (Å²) in [7, 11) is 3.18. The molecule has 0 fully saturated rings. The van der Waals surface area contributed by atoms with Crippen LogP contribution in [-0.2, 0) is 11.2 Å². The normalized spacial score (nSPS) is 11.9. The number of benzene rings is 2. The maximum absolute atomic E-state index is 13.3. The first-order chi connectivity index (χ1) is 17.8. The van der Waals surface area contributed by atoms with Crippen LogP contribution >= 0.6 is 0 Å². The predicted molar refractivity (Wildman–Crippen MR) is 146 cm³/mol. The molecule has 0 aliphatic carbocycles. The van der Waals surface area contributed by atoms with Crippen LogP contribution in [0, 0.1) is 23.2 Å². The number of nitriles is 1. The monoisotopic (exact) mass is 503 g/mol. The van der Waals surface area contributed by atoms with E-state index < -0.39 is 5.92 Å². The van der Waals surface area contributed by atoms with Gasteiger partial charge in [0.2, 0.25) is 5.91 Å². The lowest BCUT2D eigenvalue weighted by atomic mass is 10.0. The number of fused-ring (bicyclic) bond motifs is 1. The van der Waals surface area contributed by atoms with Gasteiger partial charge in [0, 0.05) is 19.6 Å². The van der Waals surface area contributed by atoms with Crippen LogP contribution in [-0.4, -0.2) is 49.7 Å². The zero-order valence-corrected chi connectivity index (χ0v) is 22.6. The van der Waals surface area contributed by atoms with Crippen LogP contribution in [0.2, 0.25) is 0 Å². The summed E-state index contributed by atoms with van der Waals surface area (Å²) in [6.07, 6.45) is 0.577. The van der Waals surface area contributed by atoms with Crippen molar-refractivity contribution in [2.75, 3.05) is 38.8 Å². The molecule has 0 aliphatic rings. The Morgan fingerprint density at radius 2 is 1.59 bits per heavy atom. The van der Waals surface area contributed by atoms with Crippen molar-refractivity contribution in [2.45, 2.75) is 40.0 Å². The Bertz CT molecular complexity index is 1240. The van der Waals surface area contributed by atoms with Gasteiger partial charge < -0.3 is 19.7 Å². The van der Waals surface area contributed by atoms with Gasteiger partial charge in [0.25, 0.3) is 0 Å². The fourth-order valence-corrected chi connectivity index (χ4v) is 4.27. The van der Waals surface area contributed by atoms with E-state index in [1.165, 1.54) is 0 Å². The Labute approximate surface area is 219 Å². The molecule has 8 nitrogen and oxygen atoms in total. The SMILES string of the molecule is COc1ccc(CCNC(=O)C(C#N)c2nc3ccccc3nc2N(CC(C)C)CC(C)C)cc1OC. The van der Waals surface area contributed by atoms with E-state index in [4.69, 9.17) is 19.4 Å². The first kappa shape index (κ1) is 27.7. The van der Waals surface area contributed by atoms with Crippen molar-refractivity contribution in [3.63, 3.8) is 0 Å². The number of hydrogen-bond donors (Lipinski definition) is 1. The molecule has 0 saturated carbocycles. The fraction of sp³-hybridized carbons (Fsp3) is 0.448. The first-order valence-electron chi connectivity index (χ1n) is 12.7. The molecule has 3 rings (SSSR count). The standard InChI is InChI=1S/C29H37N5O3/c1-19(2)17-34(18-20(3)4)28-27(32-23-9-7-8-10-24(23)33-28)22(16-30)29(35)31-14-13-21-11-12-25(36-5)26(15-21)37-6/h7-12,15,19-20,22H,13-14,17-18H2,1-6H3,(H,31,35). The van der Waals surface area contributed by atoms with Crippen LogP contribution in [0.15, 0.2) is 42.5 Å². The van der Waals surface area contributed by atoms with Crippen LogP contribution in [0.25, 0.3) is 11.0 Å². The van der Waals surface area contributed by atoms with E-state index in [1.807, 2.05) is 42.5 Å². The van der Waals surface area contributed by atoms with Gasteiger partial charge in [0.15, 0.2) is 23.2 Å². The third kappa shape index (κ3) is 7.10. The molecule has 1 amide bonds. The maximum Gasteiger partial charge on any atom is 0.243 e. The van der Waals surface area contributed by atoms with Gasteiger partial charge in [-0.25, -0.2) is 9.97 Å². The zero-order valence-electron chi connectivity index (χ0n) is 22.6. The lowest BCUT2D eigenvalue weighted by molar-refractivity contribution is -0.121. The van der Waals surface area contributed by atoms with Crippen molar-refractivity contribution in [1.82, 2.24) is 15.3 Å². The largest absolute Gasteiger partial charge is 0.493 e. The average molecular weight is 504 g/mol. The van der Waals surface area contributed by atoms with Crippen LogP contribution in [0.1, 0.15) is 44.9 Å². The van der Waals surface area contributed by atoms with E-state index in [9.17, 15) is 10.1 Å². The highest BCUT2D eigenvalue weighted by Crippen LogP contribution is 2.29. The molecule has 0 radical (unpaired) electrons. The lowest BCUT2D eigenvalue weighted by Gasteiger charge is -2.29. The number of hydrogen-bond acceptors (Lipinski definition) is 7. The second kappa shape index (κ2) is 12.9. The van der Waals surface area contributed by atoms with Crippen LogP contribution in [0.3, 0.4) is 0 Å². The van der Waals surface area contributed by atoms with Gasteiger partial charge in [-0.2, -0.15) is 5.26 Å². The molecule has 0 aliphatic heterocycles. The van der Waals surface area contributed by atoms with Crippen molar-refractivity contribution >= 4 is 22.8 Å². The molecule has 196 valence electrons. The smallest absolute Gasteiger partial charge is 0.243 e. The van der Waals surface area contributed by atoms with E-state index in [-0.39, 0.29) is 5.91 Å². The first-order valence-corrected chi connectivity index (χ1v) is 12.7. The van der Waals surface area contributed by atoms with Crippen LogP contribution in [0.4, 0.5) is 5.82 Å². The summed E-state index contributed by atoms with van der Waals surface area (Å²) in [5.74, 6) is 1.15. The molecule has 1 atom stereocenters. The van der Waals surface area contributed by atoms with Crippen molar-refractivity contribution in [1.29, 1.82) is 5.26 Å². The third-order valence-electron chi connectivity index (χ3n) is 5.87. The summed E-state index contributed by atoms with van der Waals surface area (Å²) in [5.41, 5.74) is 2.78. The predicted octanol–water partition coefficient (Wildman–Crippen LogP) is 4.73. The van der Waals surface area contributed by atoms with Gasteiger partial charge in [-0.3, -0.25) is 4.79 Å². The van der Waals surface area contributed by atoms with Crippen molar-refractivity contribution in [3.8, 4) is 17.6 Å². The van der Waals surface area contributed by atoms with Gasteiger partial charge in [-0.05, 0) is 48.1 Å². The highest BCUT2D eigenvalue weighted by Gasteiger charge is 2.29. The number of nitrogens with one attached hydrogen (secondary N) is 1. The minimum absolute atomic E-state index is 0.366. The molecule has 0 spiro atoms. The average Bonchev–Trinajstić information content (AvgIpc) is 2.87. The Kier molecular flexibility index (Phi) is 9.67. The van der Waals surface area contributed by atoms with Gasteiger partial charge in [-0.1, -0.05) is 45.9 Å². The number of carbonyl (C=O) groups is 1. The topological polar surface area (TPSA) is 100 Å². The molecule has 0 bridgehead atoms. The molecular formula is C29H37N5O3. The number of amides is 1. The number of para-hydroxylation sites is 2. The van der Waals surface area contributed by atoms with Gasteiger partial charge >= 0.3 is 0 Å². The van der Waals surface area contributed by atoms with E-state index >= 15 is 0 Å². The molecule has 0 saturated heterocycles. The number of methoxy groups -OCH3 is 2. The molecule has 8 heteroatoms. The van der Waals surface area contributed by atoms with Crippen molar-refractivity contribution in [3.05, 3.63) is 53.7 Å². The molecule has 3 aromatic rings. The van der Waals surface area contributed by atoms with Crippen LogP contribution in [0.5, 0.6) is 11.5 Å². The van der Waals surface area contributed by atoms with E-state index in [0.717, 1.165) is 24.2 Å². The summed E-state index contributed by atoms with van der Waals surface area (Å²) in [6, 6.07) is 15.4. The number of aromatic nitrogens is 2. The summed E-state index contributed by atoms with van der Waals surface area (Å²) in [5, 5.41) is 13.0.